The molecular weight excluding hydrogens is 452 g/mol. The smallest absolute Gasteiger partial charge is 0.251 e. The molecule has 0 bridgehead atoms. The summed E-state index contributed by atoms with van der Waals surface area (Å²) < 4.78 is 5.23. The summed E-state index contributed by atoms with van der Waals surface area (Å²) in [5, 5.41) is 9.48. The van der Waals surface area contributed by atoms with E-state index in [0.717, 1.165) is 44.8 Å². The zero-order valence-corrected chi connectivity index (χ0v) is 20.2. The summed E-state index contributed by atoms with van der Waals surface area (Å²) in [5.74, 6) is 0.728. The minimum atomic E-state index is -0.162. The largest absolute Gasteiger partial charge is 0.383 e. The van der Waals surface area contributed by atoms with Crippen LogP contribution in [0.5, 0.6) is 0 Å². The average molecular weight is 481 g/mol. The summed E-state index contributed by atoms with van der Waals surface area (Å²) in [6, 6.07) is 13.5. The number of aromatic nitrogens is 2. The molecule has 2 aromatic carbocycles. The van der Waals surface area contributed by atoms with Gasteiger partial charge in [0.15, 0.2) is 5.82 Å². The van der Waals surface area contributed by atoms with Crippen molar-refractivity contribution in [1.82, 2.24) is 20.2 Å². The molecule has 0 fully saturated rings. The summed E-state index contributed by atoms with van der Waals surface area (Å²) in [7, 11) is 3.34. The van der Waals surface area contributed by atoms with Crippen molar-refractivity contribution in [3.05, 3.63) is 70.4 Å². The second-order valence-corrected chi connectivity index (χ2v) is 8.53. The van der Waals surface area contributed by atoms with Gasteiger partial charge in [0.1, 0.15) is 5.02 Å². The number of hydrogen-bond donors (Lipinski definition) is 3. The minimum Gasteiger partial charge on any atom is -0.383 e. The van der Waals surface area contributed by atoms with Gasteiger partial charge in [-0.3, -0.25) is 4.79 Å². The second-order valence-electron chi connectivity index (χ2n) is 8.12. The van der Waals surface area contributed by atoms with Crippen LogP contribution in [0, 0.1) is 0 Å². The molecule has 3 N–H and O–H groups in total. The van der Waals surface area contributed by atoms with E-state index in [1.165, 1.54) is 11.1 Å². The monoisotopic (exact) mass is 480 g/mol. The highest BCUT2D eigenvalue weighted by Gasteiger charge is 2.15. The second kappa shape index (κ2) is 11.3. The minimum absolute atomic E-state index is 0.162. The van der Waals surface area contributed by atoms with Gasteiger partial charge in [-0.2, -0.15) is 4.98 Å². The fourth-order valence-corrected chi connectivity index (χ4v) is 4.09. The van der Waals surface area contributed by atoms with Crippen LogP contribution >= 0.6 is 11.6 Å². The van der Waals surface area contributed by atoms with Gasteiger partial charge in [-0.05, 0) is 54.3 Å². The first kappa shape index (κ1) is 23.9. The zero-order valence-electron chi connectivity index (χ0n) is 19.4. The first-order valence-corrected chi connectivity index (χ1v) is 11.7. The number of carbonyl (C=O) groups is 1. The van der Waals surface area contributed by atoms with Crippen LogP contribution in [0.2, 0.25) is 5.02 Å². The fraction of sp³-hybridized carbons (Fsp3) is 0.320. The molecule has 0 radical (unpaired) electrons. The Morgan fingerprint density at radius 2 is 1.88 bits per heavy atom. The number of benzene rings is 2. The predicted octanol–water partition coefficient (Wildman–Crippen LogP) is 4.02. The molecule has 1 amide bonds. The van der Waals surface area contributed by atoms with Gasteiger partial charge in [0, 0.05) is 50.7 Å². The number of carbonyl (C=O) groups excluding carboxylic acids is 1. The maximum Gasteiger partial charge on any atom is 0.251 e. The lowest BCUT2D eigenvalue weighted by Gasteiger charge is -2.18. The van der Waals surface area contributed by atoms with Crippen LogP contribution in [0.15, 0.2) is 48.7 Å². The average Bonchev–Trinajstić information content (AvgIpc) is 3.06. The lowest BCUT2D eigenvalue weighted by atomic mass is 10.0. The summed E-state index contributed by atoms with van der Waals surface area (Å²) in [6.45, 7) is 3.76. The van der Waals surface area contributed by atoms with Crippen LogP contribution < -0.4 is 16.0 Å². The van der Waals surface area contributed by atoms with Gasteiger partial charge in [-0.25, -0.2) is 4.98 Å². The summed E-state index contributed by atoms with van der Waals surface area (Å²) in [4.78, 5) is 23.2. The van der Waals surface area contributed by atoms with Crippen molar-refractivity contribution < 1.29 is 9.53 Å². The third kappa shape index (κ3) is 6.02. The van der Waals surface area contributed by atoms with E-state index >= 15 is 0 Å². The van der Waals surface area contributed by atoms with E-state index < -0.39 is 0 Å². The Morgan fingerprint density at radius 1 is 1.09 bits per heavy atom. The van der Waals surface area contributed by atoms with Crippen LogP contribution in [0.25, 0.3) is 0 Å². The van der Waals surface area contributed by atoms with Crippen LogP contribution in [0.1, 0.15) is 21.5 Å². The zero-order chi connectivity index (χ0) is 23.9. The van der Waals surface area contributed by atoms with E-state index in [2.05, 4.69) is 49.0 Å². The van der Waals surface area contributed by atoms with E-state index in [4.69, 9.17) is 16.3 Å². The van der Waals surface area contributed by atoms with E-state index in [9.17, 15) is 4.79 Å². The molecule has 0 saturated carbocycles. The molecule has 1 aliphatic rings. The molecule has 0 unspecified atom stereocenters. The summed E-state index contributed by atoms with van der Waals surface area (Å²) >= 11 is 6.33. The highest BCUT2D eigenvalue weighted by atomic mass is 35.5. The van der Waals surface area contributed by atoms with Crippen LogP contribution in [-0.4, -0.2) is 61.2 Å². The number of methoxy groups -OCH3 is 1. The van der Waals surface area contributed by atoms with Crippen molar-refractivity contribution in [1.29, 1.82) is 0 Å². The molecule has 8 nitrogen and oxygen atoms in total. The number of halogens is 1. The van der Waals surface area contributed by atoms with Crippen LogP contribution in [0.3, 0.4) is 0 Å². The lowest BCUT2D eigenvalue weighted by Crippen LogP contribution is -2.29. The molecule has 9 heteroatoms. The third-order valence-electron chi connectivity index (χ3n) is 5.83. The Morgan fingerprint density at radius 3 is 2.68 bits per heavy atom. The van der Waals surface area contributed by atoms with Gasteiger partial charge in [0.05, 0.1) is 12.8 Å². The van der Waals surface area contributed by atoms with Crippen molar-refractivity contribution in [2.75, 3.05) is 51.0 Å². The lowest BCUT2D eigenvalue weighted by molar-refractivity contribution is 0.0963. The van der Waals surface area contributed by atoms with Crippen molar-refractivity contribution >= 4 is 40.6 Å². The van der Waals surface area contributed by atoms with E-state index in [0.29, 0.717) is 28.0 Å². The molecule has 34 heavy (non-hydrogen) atoms. The highest BCUT2D eigenvalue weighted by molar-refractivity contribution is 6.32. The third-order valence-corrected chi connectivity index (χ3v) is 6.10. The number of nitrogens with one attached hydrogen (secondary N) is 3. The Labute approximate surface area is 204 Å². The number of amides is 1. The first-order valence-electron chi connectivity index (χ1n) is 11.3. The standard InChI is InChI=1S/C25H29ClN6O2/c1-27-24(33)19-4-3-5-20(15-19)29-23-22(26)16-28-25(31-23)30-21-7-6-17-8-10-32(12-13-34-2)11-9-18(17)14-21/h3-7,14-16H,8-13H2,1-2H3,(H,27,33)(H2,28,29,30,31). The molecular formula is C25H29ClN6O2. The Kier molecular flexibility index (Phi) is 7.95. The number of nitrogens with zero attached hydrogens (tertiary/aromatic N) is 3. The molecule has 1 aromatic heterocycles. The van der Waals surface area contributed by atoms with Gasteiger partial charge in [0.2, 0.25) is 5.95 Å². The van der Waals surface area contributed by atoms with Gasteiger partial charge in [-0.1, -0.05) is 23.7 Å². The number of fused-ring (bicyclic) bond motifs is 1. The molecule has 0 spiro atoms. The summed E-state index contributed by atoms with van der Waals surface area (Å²) in [5.41, 5.74) is 4.89. The Balaban J connectivity index is 1.47. The first-order chi connectivity index (χ1) is 16.6. The molecule has 0 atom stereocenters. The molecule has 4 rings (SSSR count). The van der Waals surface area contributed by atoms with E-state index in [1.807, 2.05) is 6.07 Å². The number of hydrogen-bond acceptors (Lipinski definition) is 7. The number of ether oxygens (including phenoxy) is 1. The van der Waals surface area contributed by atoms with Gasteiger partial charge >= 0.3 is 0 Å². The topological polar surface area (TPSA) is 91.4 Å². The molecule has 0 aliphatic carbocycles. The fourth-order valence-electron chi connectivity index (χ4n) is 3.96. The van der Waals surface area contributed by atoms with Crippen LogP contribution in [-0.2, 0) is 17.6 Å². The van der Waals surface area contributed by atoms with Crippen LogP contribution in [0.4, 0.5) is 23.1 Å². The quantitative estimate of drug-likeness (QED) is 0.448. The highest BCUT2D eigenvalue weighted by Crippen LogP contribution is 2.27. The molecule has 2 heterocycles. The molecule has 1 aliphatic heterocycles. The normalized spacial score (nSPS) is 13.6. The van der Waals surface area contributed by atoms with E-state index in [1.54, 1.807) is 38.6 Å². The van der Waals surface area contributed by atoms with Gasteiger partial charge in [-0.15, -0.1) is 0 Å². The number of anilines is 4. The van der Waals surface area contributed by atoms with Crippen molar-refractivity contribution in [2.45, 2.75) is 12.8 Å². The maximum atomic E-state index is 11.9. The van der Waals surface area contributed by atoms with Crippen molar-refractivity contribution in [3.8, 4) is 0 Å². The SMILES string of the molecule is CNC(=O)c1cccc(Nc2nc(Nc3ccc4c(c3)CCN(CCOC)CC4)ncc2Cl)c1. The number of rotatable bonds is 8. The Bertz CT molecular complexity index is 1160. The summed E-state index contributed by atoms with van der Waals surface area (Å²) in [6.07, 6.45) is 3.57. The van der Waals surface area contributed by atoms with Gasteiger partial charge < -0.3 is 25.6 Å². The molecule has 178 valence electrons. The maximum absolute atomic E-state index is 11.9. The van der Waals surface area contributed by atoms with E-state index in [-0.39, 0.29) is 5.91 Å². The molecule has 3 aromatic rings. The van der Waals surface area contributed by atoms with Crippen molar-refractivity contribution in [3.63, 3.8) is 0 Å². The van der Waals surface area contributed by atoms with Gasteiger partial charge in [0.25, 0.3) is 5.91 Å². The predicted molar refractivity (Wildman–Crippen MR) is 136 cm³/mol. The molecule has 0 saturated heterocycles. The Hall–Kier alpha value is -3.20. The van der Waals surface area contributed by atoms with Crippen molar-refractivity contribution in [2.24, 2.45) is 0 Å².